The minimum atomic E-state index is -0.129. The lowest BCUT2D eigenvalue weighted by Gasteiger charge is -2.33. The summed E-state index contributed by atoms with van der Waals surface area (Å²) in [7, 11) is 1.66. The Hall–Kier alpha value is -2.79. The second-order valence-electron chi connectivity index (χ2n) is 6.44. The van der Waals surface area contributed by atoms with Crippen LogP contribution >= 0.6 is 0 Å². The maximum atomic E-state index is 12.6. The topological polar surface area (TPSA) is 53.6 Å². The Labute approximate surface area is 147 Å². The zero-order valence-electron chi connectivity index (χ0n) is 14.3. The monoisotopic (exact) mass is 335 g/mol. The Morgan fingerprint density at radius 1 is 1.04 bits per heavy atom. The first-order chi connectivity index (χ1) is 12.2. The van der Waals surface area contributed by atoms with E-state index in [1.54, 1.807) is 18.2 Å². The predicted octanol–water partition coefficient (Wildman–Crippen LogP) is 2.48. The van der Waals surface area contributed by atoms with E-state index in [0.717, 1.165) is 17.0 Å². The maximum absolute atomic E-state index is 12.6. The van der Waals surface area contributed by atoms with E-state index < -0.39 is 0 Å². The van der Waals surface area contributed by atoms with Crippen LogP contribution < -0.4 is 15.5 Å². The fourth-order valence-corrected chi connectivity index (χ4v) is 3.64. The van der Waals surface area contributed by atoms with Crippen molar-refractivity contribution in [3.05, 3.63) is 71.8 Å². The van der Waals surface area contributed by atoms with E-state index in [9.17, 15) is 4.79 Å². The fourth-order valence-electron chi connectivity index (χ4n) is 3.64. The highest BCUT2D eigenvalue weighted by Gasteiger charge is 2.44. The molecule has 5 nitrogen and oxygen atoms in total. The van der Waals surface area contributed by atoms with E-state index in [0.29, 0.717) is 0 Å². The minimum absolute atomic E-state index is 0.0227. The van der Waals surface area contributed by atoms with Crippen molar-refractivity contribution in [1.29, 1.82) is 0 Å². The lowest BCUT2D eigenvalue weighted by Crippen LogP contribution is -2.52. The number of fused-ring (bicyclic) bond motifs is 1. The molecule has 4 rings (SSSR count). The molecule has 2 heterocycles. The summed E-state index contributed by atoms with van der Waals surface area (Å²) in [4.78, 5) is 12.6. The maximum Gasteiger partial charge on any atom is 0.264 e. The number of carbonyl (C=O) groups is 1. The Morgan fingerprint density at radius 3 is 2.44 bits per heavy atom. The normalized spacial score (nSPS) is 25.2. The van der Waals surface area contributed by atoms with Crippen molar-refractivity contribution in [3.8, 4) is 5.75 Å². The number of carbonyl (C=O) groups excluding carboxylic acids is 1. The van der Waals surface area contributed by atoms with E-state index in [-0.39, 0.29) is 24.0 Å². The predicted molar refractivity (Wildman–Crippen MR) is 96.5 cm³/mol. The molecule has 0 radical (unpaired) electrons. The number of rotatable bonds is 3. The Kier molecular flexibility index (Phi) is 3.93. The van der Waals surface area contributed by atoms with Gasteiger partial charge in [-0.05, 0) is 30.2 Å². The molecule has 0 aromatic heterocycles. The highest BCUT2D eigenvalue weighted by atomic mass is 16.5. The standard InChI is InChI=1S/C20H21N3O2/c1-13-19(15-8-10-16(25-2)11-9-15)20-21-17(12-18(24)23(20)22-13)14-6-4-3-5-7-14/h3-13,19-22H,1-2H3. The first-order valence-corrected chi connectivity index (χ1v) is 8.44. The van der Waals surface area contributed by atoms with Gasteiger partial charge in [0.25, 0.3) is 5.91 Å². The largest absolute Gasteiger partial charge is 0.497 e. The SMILES string of the molecule is COc1ccc(C2C(C)NN3C(=O)C=C(c4ccccc4)NC23)cc1. The van der Waals surface area contributed by atoms with Gasteiger partial charge in [0.15, 0.2) is 0 Å². The quantitative estimate of drug-likeness (QED) is 0.905. The molecule has 2 aromatic rings. The van der Waals surface area contributed by atoms with Crippen LogP contribution in [0.3, 0.4) is 0 Å². The lowest BCUT2D eigenvalue weighted by atomic mass is 9.90. The van der Waals surface area contributed by atoms with Gasteiger partial charge in [-0.1, -0.05) is 42.5 Å². The molecule has 2 N–H and O–H groups in total. The van der Waals surface area contributed by atoms with Crippen LogP contribution in [0.5, 0.6) is 5.75 Å². The third-order valence-electron chi connectivity index (χ3n) is 4.89. The molecule has 3 unspecified atom stereocenters. The van der Waals surface area contributed by atoms with Gasteiger partial charge in [-0.3, -0.25) is 9.80 Å². The van der Waals surface area contributed by atoms with Crippen LogP contribution in [0.1, 0.15) is 24.0 Å². The molecule has 3 atom stereocenters. The van der Waals surface area contributed by atoms with E-state index >= 15 is 0 Å². The van der Waals surface area contributed by atoms with Crippen molar-refractivity contribution in [2.75, 3.05) is 7.11 Å². The third-order valence-corrected chi connectivity index (χ3v) is 4.89. The lowest BCUT2D eigenvalue weighted by molar-refractivity contribution is -0.130. The Balaban J connectivity index is 1.66. The number of amides is 1. The van der Waals surface area contributed by atoms with Crippen LogP contribution in [0.15, 0.2) is 60.7 Å². The molecule has 2 aliphatic heterocycles. The number of ether oxygens (including phenoxy) is 1. The zero-order chi connectivity index (χ0) is 17.4. The zero-order valence-corrected chi connectivity index (χ0v) is 14.3. The van der Waals surface area contributed by atoms with Crippen molar-refractivity contribution in [2.45, 2.75) is 25.0 Å². The fraction of sp³-hybridized carbons (Fsp3) is 0.250. The van der Waals surface area contributed by atoms with Gasteiger partial charge in [-0.2, -0.15) is 0 Å². The Morgan fingerprint density at radius 2 is 1.76 bits per heavy atom. The molecule has 0 saturated carbocycles. The van der Waals surface area contributed by atoms with Gasteiger partial charge in [-0.25, -0.2) is 5.43 Å². The molecule has 0 bridgehead atoms. The van der Waals surface area contributed by atoms with Gasteiger partial charge >= 0.3 is 0 Å². The van der Waals surface area contributed by atoms with Gasteiger partial charge in [0.1, 0.15) is 11.9 Å². The number of hydrogen-bond acceptors (Lipinski definition) is 4. The summed E-state index contributed by atoms with van der Waals surface area (Å²) in [5, 5.41) is 5.24. The summed E-state index contributed by atoms with van der Waals surface area (Å²) in [6, 6.07) is 18.1. The number of nitrogens with zero attached hydrogens (tertiary/aromatic N) is 1. The van der Waals surface area contributed by atoms with Crippen LogP contribution in [0.2, 0.25) is 0 Å². The van der Waals surface area contributed by atoms with E-state index in [1.807, 2.05) is 42.5 Å². The highest BCUT2D eigenvalue weighted by Crippen LogP contribution is 2.35. The highest BCUT2D eigenvalue weighted by molar-refractivity contribution is 5.96. The van der Waals surface area contributed by atoms with Gasteiger partial charge in [0, 0.05) is 23.7 Å². The average molecular weight is 335 g/mol. The molecule has 1 fully saturated rings. The summed E-state index contributed by atoms with van der Waals surface area (Å²) in [5.41, 5.74) is 6.35. The van der Waals surface area contributed by atoms with Crippen LogP contribution in [0, 0.1) is 0 Å². The summed E-state index contributed by atoms with van der Waals surface area (Å²) >= 11 is 0. The number of hydrogen-bond donors (Lipinski definition) is 2. The van der Waals surface area contributed by atoms with Gasteiger partial charge in [-0.15, -0.1) is 0 Å². The molecule has 5 heteroatoms. The van der Waals surface area contributed by atoms with E-state index in [4.69, 9.17) is 4.74 Å². The third kappa shape index (κ3) is 2.76. The molecule has 0 aliphatic carbocycles. The summed E-state index contributed by atoms with van der Waals surface area (Å²) in [6.45, 7) is 2.10. The number of benzene rings is 2. The summed E-state index contributed by atoms with van der Waals surface area (Å²) in [6.07, 6.45) is 1.53. The minimum Gasteiger partial charge on any atom is -0.497 e. The first kappa shape index (κ1) is 15.7. The smallest absolute Gasteiger partial charge is 0.264 e. The molecule has 0 spiro atoms. The Bertz CT molecular complexity index is 801. The van der Waals surface area contributed by atoms with Crippen molar-refractivity contribution in [2.24, 2.45) is 0 Å². The molecule has 2 aromatic carbocycles. The second-order valence-corrected chi connectivity index (χ2v) is 6.44. The number of nitrogens with one attached hydrogen (secondary N) is 2. The summed E-state index contributed by atoms with van der Waals surface area (Å²) < 4.78 is 5.25. The van der Waals surface area contributed by atoms with Crippen molar-refractivity contribution < 1.29 is 9.53 Å². The molecule has 1 saturated heterocycles. The van der Waals surface area contributed by atoms with Crippen molar-refractivity contribution in [1.82, 2.24) is 15.8 Å². The molecule has 128 valence electrons. The first-order valence-electron chi connectivity index (χ1n) is 8.44. The molecular formula is C20H21N3O2. The van der Waals surface area contributed by atoms with E-state index in [2.05, 4.69) is 29.8 Å². The number of methoxy groups -OCH3 is 1. The van der Waals surface area contributed by atoms with Crippen LogP contribution in [-0.2, 0) is 4.79 Å². The van der Waals surface area contributed by atoms with E-state index in [1.165, 1.54) is 5.56 Å². The molecule has 2 aliphatic rings. The van der Waals surface area contributed by atoms with Crippen LogP contribution in [0.25, 0.3) is 5.70 Å². The van der Waals surface area contributed by atoms with Crippen LogP contribution in [0.4, 0.5) is 0 Å². The number of hydrazine groups is 1. The molecule has 1 amide bonds. The van der Waals surface area contributed by atoms with Gasteiger partial charge in [0.05, 0.1) is 7.11 Å². The van der Waals surface area contributed by atoms with Crippen molar-refractivity contribution in [3.63, 3.8) is 0 Å². The molecule has 25 heavy (non-hydrogen) atoms. The van der Waals surface area contributed by atoms with Crippen LogP contribution in [-0.4, -0.2) is 30.2 Å². The summed E-state index contributed by atoms with van der Waals surface area (Å²) in [5.74, 6) is 0.949. The van der Waals surface area contributed by atoms with Crippen molar-refractivity contribution >= 4 is 11.6 Å². The van der Waals surface area contributed by atoms with Gasteiger partial charge < -0.3 is 10.1 Å². The average Bonchev–Trinajstić information content (AvgIpc) is 2.99. The second kappa shape index (κ2) is 6.26. The molecular weight excluding hydrogens is 314 g/mol. The van der Waals surface area contributed by atoms with Gasteiger partial charge in [0.2, 0.25) is 0 Å².